The zero-order valence-electron chi connectivity index (χ0n) is 23.7. The highest BCUT2D eigenvalue weighted by Crippen LogP contribution is 2.59. The number of amides is 2. The van der Waals surface area contributed by atoms with Gasteiger partial charge in [-0.05, 0) is 44.0 Å². The van der Waals surface area contributed by atoms with Crippen molar-refractivity contribution in [1.82, 2.24) is 15.0 Å². The highest BCUT2D eigenvalue weighted by atomic mass is 19.1. The summed E-state index contributed by atoms with van der Waals surface area (Å²) < 4.78 is 24.5. The van der Waals surface area contributed by atoms with Crippen molar-refractivity contribution in [3.05, 3.63) is 71.5 Å². The van der Waals surface area contributed by atoms with E-state index in [1.807, 2.05) is 55.5 Å². The average molecular weight is 562 g/mol. The second-order valence-corrected chi connectivity index (χ2v) is 11.9. The molecular weight excluding hydrogens is 525 g/mol. The van der Waals surface area contributed by atoms with Crippen LogP contribution in [0.1, 0.15) is 50.4 Å². The van der Waals surface area contributed by atoms with E-state index in [1.54, 1.807) is 34.5 Å². The predicted octanol–water partition coefficient (Wildman–Crippen LogP) is 3.78. The Hall–Kier alpha value is -3.63. The van der Waals surface area contributed by atoms with Crippen LogP contribution in [0.2, 0.25) is 0 Å². The van der Waals surface area contributed by atoms with Gasteiger partial charge in [0.1, 0.15) is 5.67 Å². The molecule has 2 fully saturated rings. The molecule has 1 spiro atoms. The first-order valence-corrected chi connectivity index (χ1v) is 14.3. The van der Waals surface area contributed by atoms with Gasteiger partial charge in [-0.25, -0.2) is 4.39 Å². The van der Waals surface area contributed by atoms with Crippen LogP contribution in [0.25, 0.3) is 0 Å². The van der Waals surface area contributed by atoms with Crippen LogP contribution in [0.3, 0.4) is 0 Å². The summed E-state index contributed by atoms with van der Waals surface area (Å²) in [6, 6.07) is 15.4. The number of hydrogen-bond acceptors (Lipinski definition) is 6. The molecule has 216 valence electrons. The smallest absolute Gasteiger partial charge is 0.264 e. The number of benzene rings is 2. The fourth-order valence-corrected chi connectivity index (χ4v) is 6.92. The molecule has 2 aromatic carbocycles. The van der Waals surface area contributed by atoms with Gasteiger partial charge in [-0.2, -0.15) is 0 Å². The number of hydrogen-bond donors (Lipinski definition) is 1. The lowest BCUT2D eigenvalue weighted by molar-refractivity contribution is -0.146. The van der Waals surface area contributed by atoms with E-state index in [0.29, 0.717) is 50.2 Å². The van der Waals surface area contributed by atoms with Crippen LogP contribution in [0.15, 0.2) is 54.7 Å². The average Bonchev–Trinajstić information content (AvgIpc) is 3.57. The number of aliphatic hydroxyl groups is 1. The summed E-state index contributed by atoms with van der Waals surface area (Å²) in [5, 5.41) is 17.4. The van der Waals surface area contributed by atoms with E-state index < -0.39 is 29.2 Å². The second-order valence-electron chi connectivity index (χ2n) is 11.9. The first-order chi connectivity index (χ1) is 19.6. The maximum absolute atomic E-state index is 16.0. The largest absolute Gasteiger partial charge is 0.396 e. The summed E-state index contributed by atoms with van der Waals surface area (Å²) in [6.07, 6.45) is 2.53. The molecule has 0 saturated carbocycles. The van der Waals surface area contributed by atoms with Gasteiger partial charge in [-0.1, -0.05) is 42.5 Å². The van der Waals surface area contributed by atoms with Crippen molar-refractivity contribution in [3.63, 3.8) is 0 Å². The number of β-lactam (4-membered cyclic amide) rings is 1. The Balaban J connectivity index is 1.39. The van der Waals surface area contributed by atoms with Gasteiger partial charge >= 0.3 is 0 Å². The van der Waals surface area contributed by atoms with Crippen molar-refractivity contribution in [2.24, 2.45) is 11.8 Å². The Morgan fingerprint density at radius 1 is 1.17 bits per heavy atom. The topological polar surface area (TPSA) is 101 Å². The van der Waals surface area contributed by atoms with E-state index in [1.165, 1.54) is 0 Å². The van der Waals surface area contributed by atoms with E-state index >= 15 is 4.39 Å². The molecule has 10 heteroatoms. The summed E-state index contributed by atoms with van der Waals surface area (Å²) in [5.74, 6) is -1.23. The molecule has 41 heavy (non-hydrogen) atoms. The number of carbonyl (C=O) groups is 2. The minimum Gasteiger partial charge on any atom is -0.396 e. The quantitative estimate of drug-likeness (QED) is 0.399. The van der Waals surface area contributed by atoms with Gasteiger partial charge in [0.25, 0.3) is 5.91 Å². The summed E-state index contributed by atoms with van der Waals surface area (Å²) in [5.41, 5.74) is 0.766. The van der Waals surface area contributed by atoms with Crippen molar-refractivity contribution in [2.75, 3.05) is 23.0 Å². The summed E-state index contributed by atoms with van der Waals surface area (Å²) in [4.78, 5) is 30.3. The van der Waals surface area contributed by atoms with Gasteiger partial charge in [-0.15, -0.1) is 5.10 Å². The van der Waals surface area contributed by atoms with E-state index in [4.69, 9.17) is 4.74 Å². The molecule has 0 radical (unpaired) electrons. The van der Waals surface area contributed by atoms with E-state index in [-0.39, 0.29) is 18.4 Å². The van der Waals surface area contributed by atoms with Crippen LogP contribution in [-0.4, -0.2) is 56.8 Å². The van der Waals surface area contributed by atoms with Crippen LogP contribution < -0.4 is 9.80 Å². The Labute approximate surface area is 238 Å². The SMILES string of the molecule is C[C@H]1[C@H](C(C)(C)F)[C@@H](CCn2cc(CCO)nn2)O[C@]12C(=O)N(Cc1ccccc1)c1ccc(N3CCC3=O)cc12. The van der Waals surface area contributed by atoms with E-state index in [0.717, 1.165) is 16.9 Å². The first kappa shape index (κ1) is 27.5. The second kappa shape index (κ2) is 10.3. The number of aliphatic hydroxyl groups excluding tert-OH is 1. The fourth-order valence-electron chi connectivity index (χ4n) is 6.92. The van der Waals surface area contributed by atoms with Crippen molar-refractivity contribution in [2.45, 2.75) is 70.5 Å². The summed E-state index contributed by atoms with van der Waals surface area (Å²) >= 11 is 0. The van der Waals surface area contributed by atoms with Gasteiger partial charge in [0.15, 0.2) is 5.60 Å². The maximum atomic E-state index is 16.0. The van der Waals surface area contributed by atoms with Crippen molar-refractivity contribution in [3.8, 4) is 0 Å². The van der Waals surface area contributed by atoms with E-state index in [9.17, 15) is 14.7 Å². The Kier molecular flexibility index (Phi) is 6.94. The number of fused-ring (bicyclic) bond motifs is 2. The van der Waals surface area contributed by atoms with Crippen LogP contribution in [-0.2, 0) is 39.4 Å². The molecule has 9 nitrogen and oxygen atoms in total. The molecule has 0 aliphatic carbocycles. The lowest BCUT2D eigenvalue weighted by Gasteiger charge is -2.33. The number of carbonyl (C=O) groups excluding carboxylic acids is 2. The molecule has 1 aromatic heterocycles. The molecule has 4 heterocycles. The number of aromatic nitrogens is 3. The third-order valence-corrected chi connectivity index (χ3v) is 8.89. The van der Waals surface area contributed by atoms with Crippen molar-refractivity contribution >= 4 is 23.2 Å². The van der Waals surface area contributed by atoms with Crippen LogP contribution in [0.5, 0.6) is 0 Å². The van der Waals surface area contributed by atoms with Gasteiger partial charge in [0, 0.05) is 61.8 Å². The summed E-state index contributed by atoms with van der Waals surface area (Å²) in [6.45, 7) is 6.40. The third-order valence-electron chi connectivity index (χ3n) is 8.89. The molecule has 2 saturated heterocycles. The Bertz CT molecular complexity index is 1450. The van der Waals surface area contributed by atoms with Gasteiger partial charge in [0.05, 0.1) is 24.0 Å². The zero-order chi connectivity index (χ0) is 28.9. The monoisotopic (exact) mass is 561 g/mol. The highest BCUT2D eigenvalue weighted by Gasteiger charge is 2.66. The lowest BCUT2D eigenvalue weighted by Crippen LogP contribution is -2.46. The number of halogens is 1. The molecule has 0 unspecified atom stereocenters. The standard InChI is InChI=1S/C31H36FN5O4/c1-20-28(30(2,3)32)26(11-14-35-19-22(13-16-38)33-34-35)41-31(20)24-17-23(36-15-12-27(36)39)9-10-25(24)37(29(31)40)18-21-7-5-4-6-8-21/h4-10,17,19-20,26,28,38H,11-16,18H2,1-3H3/t20-,26+,28-,31+/m0/s1. The molecule has 3 aliphatic heterocycles. The number of nitrogens with zero attached hydrogens (tertiary/aromatic N) is 5. The Morgan fingerprint density at radius 3 is 2.61 bits per heavy atom. The summed E-state index contributed by atoms with van der Waals surface area (Å²) in [7, 11) is 0. The van der Waals surface area contributed by atoms with Gasteiger partial charge in [0.2, 0.25) is 5.91 Å². The van der Waals surface area contributed by atoms with Gasteiger partial charge in [-0.3, -0.25) is 14.3 Å². The van der Waals surface area contributed by atoms with Crippen LogP contribution in [0, 0.1) is 11.8 Å². The first-order valence-electron chi connectivity index (χ1n) is 14.3. The number of ether oxygens (including phenoxy) is 1. The molecule has 0 bridgehead atoms. The van der Waals surface area contributed by atoms with Crippen LogP contribution in [0.4, 0.5) is 15.8 Å². The molecule has 6 rings (SSSR count). The predicted molar refractivity (Wildman–Crippen MR) is 151 cm³/mol. The lowest BCUT2D eigenvalue weighted by atomic mass is 9.71. The number of anilines is 2. The number of alkyl halides is 1. The minimum absolute atomic E-state index is 0.0193. The number of rotatable bonds is 9. The molecular formula is C31H36FN5O4. The zero-order valence-corrected chi connectivity index (χ0v) is 23.7. The fraction of sp³-hybridized carbons (Fsp3) is 0.484. The normalized spacial score (nSPS) is 25.7. The molecule has 1 N–H and O–H groups in total. The maximum Gasteiger partial charge on any atom is 0.264 e. The molecule has 3 aromatic rings. The van der Waals surface area contributed by atoms with Gasteiger partial charge < -0.3 is 19.6 Å². The minimum atomic E-state index is -1.63. The van der Waals surface area contributed by atoms with Crippen LogP contribution >= 0.6 is 0 Å². The third kappa shape index (κ3) is 4.63. The molecule has 2 amide bonds. The highest BCUT2D eigenvalue weighted by molar-refractivity contribution is 6.08. The van der Waals surface area contributed by atoms with E-state index in [2.05, 4.69) is 10.3 Å². The molecule has 3 aliphatic rings. The molecule has 4 atom stereocenters. The van der Waals surface area contributed by atoms with Crippen molar-refractivity contribution in [1.29, 1.82) is 0 Å². The van der Waals surface area contributed by atoms with Crippen molar-refractivity contribution < 1.29 is 23.8 Å². The Morgan fingerprint density at radius 2 is 1.95 bits per heavy atom. The number of aryl methyl sites for hydroxylation is 1.